The van der Waals surface area contributed by atoms with Gasteiger partial charge in [0.2, 0.25) is 0 Å². The summed E-state index contributed by atoms with van der Waals surface area (Å²) in [6.45, 7) is 10.2. The molecule has 0 aromatic heterocycles. The van der Waals surface area contributed by atoms with Gasteiger partial charge in [0, 0.05) is 12.0 Å². The second-order valence-corrected chi connectivity index (χ2v) is 5.02. The number of carbonyl (C=O) groups excluding carboxylic acids is 1. The molecule has 1 fully saturated rings. The van der Waals surface area contributed by atoms with Gasteiger partial charge in [0.05, 0.1) is 6.10 Å². The van der Waals surface area contributed by atoms with Crippen molar-refractivity contribution in [3.05, 3.63) is 0 Å². The summed E-state index contributed by atoms with van der Waals surface area (Å²) in [6, 6.07) is 0. The second-order valence-electron chi connectivity index (χ2n) is 5.02. The summed E-state index contributed by atoms with van der Waals surface area (Å²) in [4.78, 5) is 12.1. The molecule has 0 aliphatic carbocycles. The minimum atomic E-state index is -0.186. The normalized spacial score (nSPS) is 26.5. The fourth-order valence-corrected chi connectivity index (χ4v) is 2.15. The fraction of sp³-hybridized carbons (Fsp3) is 0.917. The van der Waals surface area contributed by atoms with E-state index in [0.29, 0.717) is 5.92 Å². The molecule has 15 heavy (non-hydrogen) atoms. The Morgan fingerprint density at radius 2 is 2.07 bits per heavy atom. The molecule has 1 N–H and O–H groups in total. The van der Waals surface area contributed by atoms with Crippen molar-refractivity contribution in [3.8, 4) is 0 Å². The first-order valence-electron chi connectivity index (χ1n) is 5.84. The Hall–Kier alpha value is -0.410. The number of hydrogen-bond acceptors (Lipinski definition) is 3. The number of Topliss-reactive ketones (excluding diaryl/α,β-unsaturated/α-hetero) is 1. The summed E-state index contributed by atoms with van der Waals surface area (Å²) >= 11 is 0. The summed E-state index contributed by atoms with van der Waals surface area (Å²) in [7, 11) is 0. The third-order valence-electron chi connectivity index (χ3n) is 3.40. The number of hydrogen-bond donors (Lipinski definition) is 1. The molecule has 0 amide bonds. The van der Waals surface area contributed by atoms with Crippen LogP contribution in [0.4, 0.5) is 0 Å². The lowest BCUT2D eigenvalue weighted by molar-refractivity contribution is -0.136. The third-order valence-corrected chi connectivity index (χ3v) is 3.40. The van der Waals surface area contributed by atoms with E-state index in [-0.39, 0.29) is 23.9 Å². The Labute approximate surface area is 92.6 Å². The van der Waals surface area contributed by atoms with Gasteiger partial charge in [-0.1, -0.05) is 13.8 Å². The van der Waals surface area contributed by atoms with Crippen LogP contribution in [0, 0.1) is 11.3 Å². The molecule has 3 heteroatoms. The molecule has 0 spiro atoms. The van der Waals surface area contributed by atoms with E-state index in [1.54, 1.807) is 0 Å². The van der Waals surface area contributed by atoms with E-state index in [1.165, 1.54) is 0 Å². The smallest absolute Gasteiger partial charge is 0.166 e. The predicted molar refractivity (Wildman–Crippen MR) is 60.9 cm³/mol. The highest BCUT2D eigenvalue weighted by Gasteiger charge is 2.43. The number of ketones is 1. The zero-order chi connectivity index (χ0) is 11.5. The predicted octanol–water partition coefficient (Wildman–Crippen LogP) is 1.62. The van der Waals surface area contributed by atoms with Crippen LogP contribution < -0.4 is 5.32 Å². The summed E-state index contributed by atoms with van der Waals surface area (Å²) in [5, 5.41) is 3.29. The highest BCUT2D eigenvalue weighted by atomic mass is 16.5. The monoisotopic (exact) mass is 213 g/mol. The first-order valence-corrected chi connectivity index (χ1v) is 5.84. The molecule has 1 aliphatic heterocycles. The molecule has 0 bridgehead atoms. The van der Waals surface area contributed by atoms with Crippen LogP contribution >= 0.6 is 0 Å². The Morgan fingerprint density at radius 3 is 2.47 bits per heavy atom. The van der Waals surface area contributed by atoms with Gasteiger partial charge in [-0.2, -0.15) is 0 Å². The molecule has 0 radical (unpaired) electrons. The highest BCUT2D eigenvalue weighted by Crippen LogP contribution is 2.35. The lowest BCUT2D eigenvalue weighted by Gasteiger charge is -2.31. The number of ether oxygens (including phenoxy) is 1. The second kappa shape index (κ2) is 5.08. The van der Waals surface area contributed by atoms with Crippen molar-refractivity contribution in [2.24, 2.45) is 11.3 Å². The van der Waals surface area contributed by atoms with Gasteiger partial charge >= 0.3 is 0 Å². The van der Waals surface area contributed by atoms with Crippen LogP contribution in [0.25, 0.3) is 0 Å². The molecule has 1 saturated heterocycles. The molecule has 0 saturated carbocycles. The minimum Gasteiger partial charge on any atom is -0.371 e. The molecule has 1 atom stereocenters. The third kappa shape index (κ3) is 2.79. The largest absolute Gasteiger partial charge is 0.371 e. The lowest BCUT2D eigenvalue weighted by Crippen LogP contribution is -2.41. The molecule has 1 unspecified atom stereocenters. The molecule has 1 rings (SSSR count). The molecule has 1 heterocycles. The molecular formula is C12H23NO2. The molecule has 88 valence electrons. The van der Waals surface area contributed by atoms with Crippen molar-refractivity contribution < 1.29 is 9.53 Å². The summed E-state index contributed by atoms with van der Waals surface area (Å²) in [5.41, 5.74) is -0.186. The molecular weight excluding hydrogens is 190 g/mol. The van der Waals surface area contributed by atoms with E-state index in [2.05, 4.69) is 19.2 Å². The Balaban J connectivity index is 2.60. The molecule has 1 aliphatic rings. The lowest BCUT2D eigenvalue weighted by atomic mass is 9.73. The maximum absolute atomic E-state index is 12.1. The molecule has 0 aromatic rings. The zero-order valence-electron chi connectivity index (χ0n) is 10.3. The van der Waals surface area contributed by atoms with Crippen molar-refractivity contribution in [1.82, 2.24) is 5.32 Å². The van der Waals surface area contributed by atoms with Crippen LogP contribution in [0.1, 0.15) is 34.1 Å². The fourth-order valence-electron chi connectivity index (χ4n) is 2.15. The first kappa shape index (κ1) is 12.7. The average Bonchev–Trinajstić information content (AvgIpc) is 2.63. The zero-order valence-corrected chi connectivity index (χ0v) is 10.3. The van der Waals surface area contributed by atoms with E-state index in [0.717, 1.165) is 19.5 Å². The summed E-state index contributed by atoms with van der Waals surface area (Å²) in [6.07, 6.45) is 1.08. The van der Waals surface area contributed by atoms with Gasteiger partial charge in [-0.05, 0) is 32.7 Å². The quantitative estimate of drug-likeness (QED) is 0.754. The Kier molecular flexibility index (Phi) is 4.29. The van der Waals surface area contributed by atoms with Crippen LogP contribution in [0.2, 0.25) is 0 Å². The average molecular weight is 213 g/mol. The van der Waals surface area contributed by atoms with E-state index in [4.69, 9.17) is 4.74 Å². The number of nitrogens with one attached hydrogen (secondary N) is 1. The van der Waals surface area contributed by atoms with Crippen LogP contribution in [0.5, 0.6) is 0 Å². The van der Waals surface area contributed by atoms with Crippen molar-refractivity contribution in [2.75, 3.05) is 19.7 Å². The van der Waals surface area contributed by atoms with Gasteiger partial charge in [-0.25, -0.2) is 0 Å². The van der Waals surface area contributed by atoms with E-state index in [9.17, 15) is 4.79 Å². The van der Waals surface area contributed by atoms with Crippen LogP contribution in [-0.2, 0) is 9.53 Å². The summed E-state index contributed by atoms with van der Waals surface area (Å²) < 4.78 is 5.41. The van der Waals surface area contributed by atoms with Crippen molar-refractivity contribution >= 4 is 5.78 Å². The highest BCUT2D eigenvalue weighted by molar-refractivity contribution is 5.86. The van der Waals surface area contributed by atoms with Crippen molar-refractivity contribution in [1.29, 1.82) is 0 Å². The van der Waals surface area contributed by atoms with E-state index in [1.807, 2.05) is 13.8 Å². The number of rotatable bonds is 5. The van der Waals surface area contributed by atoms with Gasteiger partial charge in [-0.3, -0.25) is 4.79 Å². The summed E-state index contributed by atoms with van der Waals surface area (Å²) in [5.74, 6) is 0.645. The Morgan fingerprint density at radius 1 is 1.40 bits per heavy atom. The maximum Gasteiger partial charge on any atom is 0.166 e. The van der Waals surface area contributed by atoms with E-state index < -0.39 is 0 Å². The van der Waals surface area contributed by atoms with Crippen LogP contribution in [0.3, 0.4) is 0 Å². The minimum absolute atomic E-state index is 0.132. The van der Waals surface area contributed by atoms with E-state index >= 15 is 0 Å². The molecule has 0 aromatic carbocycles. The van der Waals surface area contributed by atoms with Crippen LogP contribution in [0.15, 0.2) is 0 Å². The SMILES string of the molecule is CC(C)OCC(=O)C1(C(C)C)CCNC1. The Bertz CT molecular complexity index is 218. The first-order chi connectivity index (χ1) is 6.99. The van der Waals surface area contributed by atoms with Gasteiger partial charge in [-0.15, -0.1) is 0 Å². The van der Waals surface area contributed by atoms with Crippen molar-refractivity contribution in [2.45, 2.75) is 40.2 Å². The molecule has 3 nitrogen and oxygen atoms in total. The van der Waals surface area contributed by atoms with Gasteiger partial charge in [0.1, 0.15) is 6.61 Å². The van der Waals surface area contributed by atoms with Crippen molar-refractivity contribution in [3.63, 3.8) is 0 Å². The standard InChI is InChI=1S/C12H23NO2/c1-9(2)12(5-6-13-8-12)11(14)7-15-10(3)4/h9-10,13H,5-8H2,1-4H3. The van der Waals surface area contributed by atoms with Gasteiger partial charge in [0.15, 0.2) is 5.78 Å². The topological polar surface area (TPSA) is 38.3 Å². The van der Waals surface area contributed by atoms with Gasteiger partial charge in [0.25, 0.3) is 0 Å². The maximum atomic E-state index is 12.1. The number of carbonyl (C=O) groups is 1. The van der Waals surface area contributed by atoms with Gasteiger partial charge < -0.3 is 10.1 Å². The van der Waals surface area contributed by atoms with Crippen LogP contribution in [-0.4, -0.2) is 31.6 Å².